The van der Waals surface area contributed by atoms with Crippen LogP contribution in [0.15, 0.2) is 24.3 Å². The van der Waals surface area contributed by atoms with Gasteiger partial charge in [0.15, 0.2) is 0 Å². The third-order valence-corrected chi connectivity index (χ3v) is 0.968. The van der Waals surface area contributed by atoms with Gasteiger partial charge in [-0.3, -0.25) is 0 Å². The summed E-state index contributed by atoms with van der Waals surface area (Å²) in [6.07, 6.45) is 7.61. The SMILES string of the molecule is C/C=C\C=C/CCOC(N)=O. The van der Waals surface area contributed by atoms with Gasteiger partial charge in [0.1, 0.15) is 0 Å². The third-order valence-electron chi connectivity index (χ3n) is 0.968. The van der Waals surface area contributed by atoms with Crippen molar-refractivity contribution in [2.75, 3.05) is 6.61 Å². The van der Waals surface area contributed by atoms with Gasteiger partial charge in [0.25, 0.3) is 0 Å². The van der Waals surface area contributed by atoms with Crippen LogP contribution in [0, 0.1) is 0 Å². The first-order valence-electron chi connectivity index (χ1n) is 3.47. The van der Waals surface area contributed by atoms with Crippen LogP contribution in [0.5, 0.6) is 0 Å². The molecule has 62 valence electrons. The molecule has 1 amide bonds. The van der Waals surface area contributed by atoms with Crippen molar-refractivity contribution in [2.45, 2.75) is 13.3 Å². The Balaban J connectivity index is 3.20. The first-order valence-corrected chi connectivity index (χ1v) is 3.47. The Morgan fingerprint density at radius 1 is 1.55 bits per heavy atom. The van der Waals surface area contributed by atoms with Gasteiger partial charge in [0.2, 0.25) is 0 Å². The summed E-state index contributed by atoms with van der Waals surface area (Å²) < 4.78 is 4.49. The highest BCUT2D eigenvalue weighted by Crippen LogP contribution is 1.85. The quantitative estimate of drug-likeness (QED) is 0.495. The second-order valence-electron chi connectivity index (χ2n) is 1.91. The van der Waals surface area contributed by atoms with E-state index in [1.807, 2.05) is 31.2 Å². The number of allylic oxidation sites excluding steroid dienone is 3. The molecule has 3 nitrogen and oxygen atoms in total. The minimum atomic E-state index is -0.718. The fourth-order valence-electron chi connectivity index (χ4n) is 0.513. The molecule has 0 aromatic carbocycles. The molecule has 0 aliphatic rings. The maximum Gasteiger partial charge on any atom is 0.404 e. The molecule has 3 heteroatoms. The van der Waals surface area contributed by atoms with E-state index in [1.165, 1.54) is 0 Å². The van der Waals surface area contributed by atoms with Gasteiger partial charge in [0, 0.05) is 0 Å². The van der Waals surface area contributed by atoms with Crippen LogP contribution in [0.25, 0.3) is 0 Å². The molecular weight excluding hydrogens is 142 g/mol. The smallest absolute Gasteiger partial charge is 0.404 e. The molecule has 0 heterocycles. The minimum Gasteiger partial charge on any atom is -0.449 e. The number of hydrogen-bond donors (Lipinski definition) is 1. The second kappa shape index (κ2) is 6.86. The molecule has 0 saturated heterocycles. The van der Waals surface area contributed by atoms with Gasteiger partial charge in [-0.25, -0.2) is 4.79 Å². The lowest BCUT2D eigenvalue weighted by Gasteiger charge is -1.94. The topological polar surface area (TPSA) is 52.3 Å². The van der Waals surface area contributed by atoms with Crippen LogP contribution in [0.2, 0.25) is 0 Å². The van der Waals surface area contributed by atoms with Crippen molar-refractivity contribution >= 4 is 6.09 Å². The monoisotopic (exact) mass is 155 g/mol. The molecule has 0 rings (SSSR count). The van der Waals surface area contributed by atoms with Crippen LogP contribution in [-0.2, 0) is 4.74 Å². The summed E-state index contributed by atoms with van der Waals surface area (Å²) in [4.78, 5) is 10.1. The van der Waals surface area contributed by atoms with Crippen molar-refractivity contribution in [1.82, 2.24) is 0 Å². The highest BCUT2D eigenvalue weighted by molar-refractivity contribution is 5.64. The van der Waals surface area contributed by atoms with Crippen LogP contribution in [0.1, 0.15) is 13.3 Å². The number of rotatable bonds is 4. The Hall–Kier alpha value is -1.25. The normalized spacial score (nSPS) is 11.0. The molecule has 0 saturated carbocycles. The summed E-state index contributed by atoms with van der Waals surface area (Å²) in [6.45, 7) is 2.29. The number of amides is 1. The van der Waals surface area contributed by atoms with Gasteiger partial charge in [-0.2, -0.15) is 0 Å². The highest BCUT2D eigenvalue weighted by Gasteiger charge is 1.88. The number of carbonyl (C=O) groups is 1. The van der Waals surface area contributed by atoms with Crippen LogP contribution >= 0.6 is 0 Å². The summed E-state index contributed by atoms with van der Waals surface area (Å²) in [5, 5.41) is 0. The number of hydrogen-bond acceptors (Lipinski definition) is 2. The standard InChI is InChI=1S/C8H13NO2/c1-2-3-4-5-6-7-11-8(9)10/h2-5H,6-7H2,1H3,(H2,9,10)/b3-2-,5-4-. The molecule has 0 bridgehead atoms. The average Bonchev–Trinajstić information content (AvgIpc) is 1.96. The van der Waals surface area contributed by atoms with E-state index in [2.05, 4.69) is 4.74 Å². The zero-order chi connectivity index (χ0) is 8.53. The maximum absolute atomic E-state index is 10.1. The molecule has 0 aliphatic carbocycles. The summed E-state index contributed by atoms with van der Waals surface area (Å²) >= 11 is 0. The van der Waals surface area contributed by atoms with Gasteiger partial charge in [0.05, 0.1) is 6.61 Å². The molecule has 0 aromatic rings. The molecule has 0 aromatic heterocycles. The first-order chi connectivity index (χ1) is 5.27. The third kappa shape index (κ3) is 8.75. The lowest BCUT2D eigenvalue weighted by atomic mass is 10.4. The molecule has 0 radical (unpaired) electrons. The number of carbonyl (C=O) groups excluding carboxylic acids is 1. The zero-order valence-electron chi connectivity index (χ0n) is 6.62. The number of nitrogens with two attached hydrogens (primary N) is 1. The predicted octanol–water partition coefficient (Wildman–Crippen LogP) is 1.60. The first kappa shape index (κ1) is 9.75. The highest BCUT2D eigenvalue weighted by atomic mass is 16.5. The summed E-state index contributed by atoms with van der Waals surface area (Å²) in [5.41, 5.74) is 4.73. The molecule has 0 fully saturated rings. The van der Waals surface area contributed by atoms with Crippen molar-refractivity contribution < 1.29 is 9.53 Å². The van der Waals surface area contributed by atoms with E-state index in [0.29, 0.717) is 13.0 Å². The van der Waals surface area contributed by atoms with Gasteiger partial charge in [-0.1, -0.05) is 24.3 Å². The number of ether oxygens (including phenoxy) is 1. The molecule has 0 spiro atoms. The Morgan fingerprint density at radius 2 is 2.27 bits per heavy atom. The van der Waals surface area contributed by atoms with Crippen molar-refractivity contribution in [2.24, 2.45) is 5.73 Å². The van der Waals surface area contributed by atoms with Gasteiger partial charge >= 0.3 is 6.09 Å². The van der Waals surface area contributed by atoms with Gasteiger partial charge in [-0.05, 0) is 13.3 Å². The van der Waals surface area contributed by atoms with Crippen molar-refractivity contribution in [3.05, 3.63) is 24.3 Å². The Kier molecular flexibility index (Phi) is 6.08. The van der Waals surface area contributed by atoms with E-state index in [4.69, 9.17) is 5.73 Å². The molecular formula is C8H13NO2. The zero-order valence-corrected chi connectivity index (χ0v) is 6.62. The molecule has 2 N–H and O–H groups in total. The Bertz CT molecular complexity index is 161. The predicted molar refractivity (Wildman–Crippen MR) is 44.1 cm³/mol. The van der Waals surface area contributed by atoms with Crippen molar-refractivity contribution in [3.63, 3.8) is 0 Å². The maximum atomic E-state index is 10.1. The fraction of sp³-hybridized carbons (Fsp3) is 0.375. The van der Waals surface area contributed by atoms with E-state index in [0.717, 1.165) is 0 Å². The van der Waals surface area contributed by atoms with E-state index in [-0.39, 0.29) is 0 Å². The summed E-state index contributed by atoms with van der Waals surface area (Å²) in [5.74, 6) is 0. The van der Waals surface area contributed by atoms with E-state index >= 15 is 0 Å². The van der Waals surface area contributed by atoms with Crippen molar-refractivity contribution in [1.29, 1.82) is 0 Å². The van der Waals surface area contributed by atoms with Crippen LogP contribution in [0.4, 0.5) is 4.79 Å². The summed E-state index contributed by atoms with van der Waals surface area (Å²) in [7, 11) is 0. The minimum absolute atomic E-state index is 0.351. The van der Waals surface area contributed by atoms with Crippen molar-refractivity contribution in [3.8, 4) is 0 Å². The van der Waals surface area contributed by atoms with E-state index in [1.54, 1.807) is 0 Å². The Labute approximate surface area is 66.5 Å². The van der Waals surface area contributed by atoms with E-state index in [9.17, 15) is 4.79 Å². The van der Waals surface area contributed by atoms with Gasteiger partial charge in [-0.15, -0.1) is 0 Å². The van der Waals surface area contributed by atoms with E-state index < -0.39 is 6.09 Å². The van der Waals surface area contributed by atoms with Gasteiger partial charge < -0.3 is 10.5 Å². The molecule has 0 atom stereocenters. The van der Waals surface area contributed by atoms with Crippen LogP contribution in [0.3, 0.4) is 0 Å². The summed E-state index contributed by atoms with van der Waals surface area (Å²) in [6, 6.07) is 0. The molecule has 11 heavy (non-hydrogen) atoms. The molecule has 0 aliphatic heterocycles. The lowest BCUT2D eigenvalue weighted by Crippen LogP contribution is -2.13. The van der Waals surface area contributed by atoms with Crippen LogP contribution in [-0.4, -0.2) is 12.7 Å². The Morgan fingerprint density at radius 3 is 2.82 bits per heavy atom. The average molecular weight is 155 g/mol. The second-order valence-corrected chi connectivity index (χ2v) is 1.91. The molecule has 0 unspecified atom stereocenters. The fourth-order valence-corrected chi connectivity index (χ4v) is 0.513. The largest absolute Gasteiger partial charge is 0.449 e. The lowest BCUT2D eigenvalue weighted by molar-refractivity contribution is 0.159. The van der Waals surface area contributed by atoms with Crippen LogP contribution < -0.4 is 5.73 Å². The number of primary amides is 1.